The lowest BCUT2D eigenvalue weighted by Gasteiger charge is -2.39. The number of carbonyl (C=O) groups excluding carboxylic acids is 1. The molecule has 16 heavy (non-hydrogen) atoms. The Morgan fingerprint density at radius 2 is 2.06 bits per heavy atom. The maximum atomic E-state index is 12.0. The molecule has 3 nitrogen and oxygen atoms in total. The van der Waals surface area contributed by atoms with Gasteiger partial charge in [0, 0.05) is 19.1 Å². The zero-order valence-electron chi connectivity index (χ0n) is 11.0. The zero-order chi connectivity index (χ0) is 12.0. The Hall–Kier alpha value is -0.730. The van der Waals surface area contributed by atoms with Crippen molar-refractivity contribution in [2.75, 3.05) is 13.1 Å². The molecule has 92 valence electrons. The van der Waals surface area contributed by atoms with E-state index in [1.165, 1.54) is 12.8 Å². The molecule has 2 bridgehead atoms. The molecule has 0 aromatic heterocycles. The highest BCUT2D eigenvalue weighted by molar-refractivity contribution is 5.75. The van der Waals surface area contributed by atoms with Crippen LogP contribution in [0.15, 0.2) is 0 Å². The number of rotatable bonds is 1. The minimum absolute atomic E-state index is 0.133. The molecule has 3 heteroatoms. The van der Waals surface area contributed by atoms with Gasteiger partial charge in [0.1, 0.15) is 0 Å². The van der Waals surface area contributed by atoms with Crippen molar-refractivity contribution >= 4 is 6.03 Å². The Kier molecular flexibility index (Phi) is 2.67. The summed E-state index contributed by atoms with van der Waals surface area (Å²) in [7, 11) is 0. The van der Waals surface area contributed by atoms with Gasteiger partial charge in [-0.3, -0.25) is 0 Å². The van der Waals surface area contributed by atoms with E-state index >= 15 is 0 Å². The van der Waals surface area contributed by atoms with E-state index in [2.05, 4.69) is 31.0 Å². The number of hydrogen-bond acceptors (Lipinski definition) is 1. The molecule has 2 amide bonds. The molecular formula is C13H24N2O. The van der Waals surface area contributed by atoms with E-state index in [1.807, 2.05) is 6.92 Å². The minimum atomic E-state index is 0.133. The van der Waals surface area contributed by atoms with E-state index in [-0.39, 0.29) is 6.03 Å². The number of amides is 2. The van der Waals surface area contributed by atoms with Crippen molar-refractivity contribution in [2.45, 2.75) is 53.0 Å². The predicted octanol–water partition coefficient (Wildman–Crippen LogP) is 2.62. The molecule has 1 aliphatic carbocycles. The van der Waals surface area contributed by atoms with Gasteiger partial charge in [0.2, 0.25) is 0 Å². The van der Waals surface area contributed by atoms with Gasteiger partial charge in [0.15, 0.2) is 0 Å². The minimum Gasteiger partial charge on any atom is -0.338 e. The van der Waals surface area contributed by atoms with Crippen molar-refractivity contribution in [3.05, 3.63) is 0 Å². The maximum Gasteiger partial charge on any atom is 0.317 e. The van der Waals surface area contributed by atoms with Crippen LogP contribution in [0.4, 0.5) is 4.79 Å². The molecule has 2 fully saturated rings. The van der Waals surface area contributed by atoms with Crippen molar-refractivity contribution in [3.63, 3.8) is 0 Å². The lowest BCUT2D eigenvalue weighted by atomic mass is 9.65. The third-order valence-corrected chi connectivity index (χ3v) is 4.00. The number of likely N-dealkylation sites (tertiary alicyclic amines) is 1. The Morgan fingerprint density at radius 1 is 1.38 bits per heavy atom. The molecule has 2 aliphatic rings. The fraction of sp³-hybridized carbons (Fsp3) is 0.923. The quantitative estimate of drug-likeness (QED) is 0.729. The SMILES string of the molecule is CCNC(=O)N1C[C@]2(C)C[C@@H]1CC(C)(C)C2. The van der Waals surface area contributed by atoms with E-state index < -0.39 is 0 Å². The highest BCUT2D eigenvalue weighted by Gasteiger charge is 2.50. The Balaban J connectivity index is 2.13. The largest absolute Gasteiger partial charge is 0.338 e. The van der Waals surface area contributed by atoms with Crippen LogP contribution in [0.5, 0.6) is 0 Å². The number of nitrogens with zero attached hydrogens (tertiary/aromatic N) is 1. The third kappa shape index (κ3) is 2.04. The van der Waals surface area contributed by atoms with Crippen LogP contribution in [-0.2, 0) is 0 Å². The Morgan fingerprint density at radius 3 is 2.69 bits per heavy atom. The monoisotopic (exact) mass is 224 g/mol. The first-order chi connectivity index (χ1) is 7.35. The van der Waals surface area contributed by atoms with Crippen molar-refractivity contribution in [2.24, 2.45) is 10.8 Å². The highest BCUT2D eigenvalue weighted by Crippen LogP contribution is 2.52. The van der Waals surface area contributed by atoms with Gasteiger partial charge in [-0.25, -0.2) is 4.79 Å². The molecule has 0 aromatic carbocycles. The third-order valence-electron chi connectivity index (χ3n) is 4.00. The molecule has 1 heterocycles. The van der Waals surface area contributed by atoms with Gasteiger partial charge >= 0.3 is 6.03 Å². The fourth-order valence-electron chi connectivity index (χ4n) is 3.95. The van der Waals surface area contributed by atoms with Gasteiger partial charge in [0.25, 0.3) is 0 Å². The molecule has 0 unspecified atom stereocenters. The van der Waals surface area contributed by atoms with Crippen LogP contribution in [0.2, 0.25) is 0 Å². The van der Waals surface area contributed by atoms with Gasteiger partial charge < -0.3 is 10.2 Å². The van der Waals surface area contributed by atoms with Crippen molar-refractivity contribution < 1.29 is 4.79 Å². The summed E-state index contributed by atoms with van der Waals surface area (Å²) in [5.41, 5.74) is 0.733. The molecule has 0 spiro atoms. The molecule has 0 aromatic rings. The van der Waals surface area contributed by atoms with Crippen LogP contribution in [0.3, 0.4) is 0 Å². The summed E-state index contributed by atoms with van der Waals surface area (Å²) < 4.78 is 0. The van der Waals surface area contributed by atoms with Crippen LogP contribution >= 0.6 is 0 Å². The number of nitrogens with one attached hydrogen (secondary N) is 1. The normalized spacial score (nSPS) is 36.2. The predicted molar refractivity (Wildman–Crippen MR) is 65.3 cm³/mol. The summed E-state index contributed by atoms with van der Waals surface area (Å²) >= 11 is 0. The van der Waals surface area contributed by atoms with E-state index in [9.17, 15) is 4.79 Å². The Bertz CT molecular complexity index is 300. The van der Waals surface area contributed by atoms with Gasteiger partial charge in [-0.1, -0.05) is 20.8 Å². The molecule has 1 aliphatic heterocycles. The van der Waals surface area contributed by atoms with Crippen LogP contribution in [0.1, 0.15) is 47.0 Å². The van der Waals surface area contributed by atoms with E-state index in [0.717, 1.165) is 19.5 Å². The summed E-state index contributed by atoms with van der Waals surface area (Å²) in [5, 5.41) is 2.93. The average Bonchev–Trinajstić information content (AvgIpc) is 2.35. The van der Waals surface area contributed by atoms with Gasteiger partial charge in [-0.15, -0.1) is 0 Å². The standard InChI is InChI=1S/C13H24N2O/c1-5-14-11(16)15-9-13(4)7-10(15)6-12(2,3)8-13/h10H,5-9H2,1-4H3,(H,14,16)/t10-,13+/m0/s1. The molecular weight excluding hydrogens is 200 g/mol. The Labute approximate surface area is 98.6 Å². The van der Waals surface area contributed by atoms with Gasteiger partial charge in [0.05, 0.1) is 0 Å². The van der Waals surface area contributed by atoms with Crippen molar-refractivity contribution in [3.8, 4) is 0 Å². The van der Waals surface area contributed by atoms with Crippen molar-refractivity contribution in [1.82, 2.24) is 10.2 Å². The second kappa shape index (κ2) is 3.64. The smallest absolute Gasteiger partial charge is 0.317 e. The molecule has 0 radical (unpaired) electrons. The first kappa shape index (κ1) is 11.7. The molecule has 1 saturated heterocycles. The van der Waals surface area contributed by atoms with E-state index in [1.54, 1.807) is 0 Å². The van der Waals surface area contributed by atoms with Gasteiger partial charge in [-0.05, 0) is 37.0 Å². The second-order valence-corrected chi connectivity index (χ2v) is 6.68. The van der Waals surface area contributed by atoms with Crippen LogP contribution in [0.25, 0.3) is 0 Å². The maximum absolute atomic E-state index is 12.0. The lowest BCUT2D eigenvalue weighted by Crippen LogP contribution is -2.43. The fourth-order valence-corrected chi connectivity index (χ4v) is 3.95. The summed E-state index contributed by atoms with van der Waals surface area (Å²) in [6, 6.07) is 0.592. The summed E-state index contributed by atoms with van der Waals surface area (Å²) in [5.74, 6) is 0. The first-order valence-corrected chi connectivity index (χ1v) is 6.40. The van der Waals surface area contributed by atoms with Crippen molar-refractivity contribution in [1.29, 1.82) is 0 Å². The number of urea groups is 1. The summed E-state index contributed by atoms with van der Waals surface area (Å²) in [4.78, 5) is 14.0. The first-order valence-electron chi connectivity index (χ1n) is 6.40. The lowest BCUT2D eigenvalue weighted by molar-refractivity contribution is 0.129. The number of fused-ring (bicyclic) bond motifs is 2. The molecule has 1 saturated carbocycles. The van der Waals surface area contributed by atoms with E-state index in [0.29, 0.717) is 16.9 Å². The van der Waals surface area contributed by atoms with Gasteiger partial charge in [-0.2, -0.15) is 0 Å². The van der Waals surface area contributed by atoms with Crippen LogP contribution < -0.4 is 5.32 Å². The summed E-state index contributed by atoms with van der Waals surface area (Å²) in [6.07, 6.45) is 3.58. The molecule has 2 atom stereocenters. The number of hydrogen-bond donors (Lipinski definition) is 1. The van der Waals surface area contributed by atoms with Crippen LogP contribution in [-0.4, -0.2) is 30.1 Å². The second-order valence-electron chi connectivity index (χ2n) is 6.68. The average molecular weight is 224 g/mol. The topological polar surface area (TPSA) is 32.3 Å². The number of carbonyl (C=O) groups is 1. The molecule has 1 N–H and O–H groups in total. The highest BCUT2D eigenvalue weighted by atomic mass is 16.2. The summed E-state index contributed by atoms with van der Waals surface area (Å²) in [6.45, 7) is 10.6. The molecule has 2 rings (SSSR count). The van der Waals surface area contributed by atoms with Crippen LogP contribution in [0, 0.1) is 10.8 Å². The van der Waals surface area contributed by atoms with E-state index in [4.69, 9.17) is 0 Å². The zero-order valence-corrected chi connectivity index (χ0v) is 11.0.